The standard InChI is InChI=1S/C8H7Cl2NO/c1-4-3-5(2)11-7(9)6(4)8(10)12/h3H,1-2H3. The average molecular weight is 204 g/mol. The first-order chi connectivity index (χ1) is 5.52. The molecule has 1 heterocycles. The van der Waals surface area contributed by atoms with E-state index >= 15 is 0 Å². The lowest BCUT2D eigenvalue weighted by molar-refractivity contribution is 0.108. The summed E-state index contributed by atoms with van der Waals surface area (Å²) in [7, 11) is 0. The molecule has 2 nitrogen and oxygen atoms in total. The third-order valence-electron chi connectivity index (χ3n) is 1.50. The number of hydrogen-bond donors (Lipinski definition) is 0. The van der Waals surface area contributed by atoms with E-state index < -0.39 is 5.24 Å². The van der Waals surface area contributed by atoms with E-state index in [4.69, 9.17) is 23.2 Å². The van der Waals surface area contributed by atoms with E-state index in [9.17, 15) is 4.79 Å². The van der Waals surface area contributed by atoms with Crippen LogP contribution in [0.1, 0.15) is 21.6 Å². The lowest BCUT2D eigenvalue weighted by Crippen LogP contribution is -1.98. The highest BCUT2D eigenvalue weighted by atomic mass is 35.5. The molecule has 0 spiro atoms. The molecule has 0 aliphatic carbocycles. The van der Waals surface area contributed by atoms with Crippen molar-refractivity contribution in [2.45, 2.75) is 13.8 Å². The van der Waals surface area contributed by atoms with Gasteiger partial charge in [-0.1, -0.05) is 11.6 Å². The summed E-state index contributed by atoms with van der Waals surface area (Å²) in [5.41, 5.74) is 1.83. The molecule has 4 heteroatoms. The first-order valence-electron chi connectivity index (χ1n) is 3.36. The van der Waals surface area contributed by atoms with Crippen LogP contribution in [0.5, 0.6) is 0 Å². The minimum atomic E-state index is -0.565. The lowest BCUT2D eigenvalue weighted by atomic mass is 10.1. The SMILES string of the molecule is Cc1cc(C)c(C(=O)Cl)c(Cl)n1. The normalized spacial score (nSPS) is 10.0. The summed E-state index contributed by atoms with van der Waals surface area (Å²) >= 11 is 11.0. The Hall–Kier alpha value is -0.600. The summed E-state index contributed by atoms with van der Waals surface area (Å²) < 4.78 is 0. The van der Waals surface area contributed by atoms with Crippen LogP contribution in [0, 0.1) is 13.8 Å². The van der Waals surface area contributed by atoms with Crippen LogP contribution < -0.4 is 0 Å². The van der Waals surface area contributed by atoms with Crippen molar-refractivity contribution in [3.63, 3.8) is 0 Å². The van der Waals surface area contributed by atoms with Crippen LogP contribution in [0.4, 0.5) is 0 Å². The molecule has 1 aromatic heterocycles. The molecule has 1 rings (SSSR count). The number of aromatic nitrogens is 1. The molecule has 0 saturated heterocycles. The zero-order chi connectivity index (χ0) is 9.30. The fraction of sp³-hybridized carbons (Fsp3) is 0.250. The van der Waals surface area contributed by atoms with E-state index in [1.165, 1.54) is 0 Å². The van der Waals surface area contributed by atoms with Gasteiger partial charge in [0.1, 0.15) is 5.15 Å². The van der Waals surface area contributed by atoms with Crippen molar-refractivity contribution in [1.29, 1.82) is 0 Å². The van der Waals surface area contributed by atoms with E-state index in [1.54, 1.807) is 19.9 Å². The molecule has 0 N–H and O–H groups in total. The highest BCUT2D eigenvalue weighted by molar-refractivity contribution is 6.68. The van der Waals surface area contributed by atoms with Crippen LogP contribution in [0.15, 0.2) is 6.07 Å². The van der Waals surface area contributed by atoms with Crippen molar-refractivity contribution in [1.82, 2.24) is 4.98 Å². The fourth-order valence-corrected chi connectivity index (χ4v) is 1.68. The summed E-state index contributed by atoms with van der Waals surface area (Å²) in [5, 5.41) is -0.391. The second-order valence-electron chi connectivity index (χ2n) is 2.52. The maximum absolute atomic E-state index is 10.8. The number of pyridine rings is 1. The van der Waals surface area contributed by atoms with Gasteiger partial charge in [-0.2, -0.15) is 0 Å². The molecule has 12 heavy (non-hydrogen) atoms. The topological polar surface area (TPSA) is 30.0 Å². The van der Waals surface area contributed by atoms with E-state index in [2.05, 4.69) is 4.98 Å². The molecule has 0 saturated carbocycles. The Balaban J connectivity index is 3.38. The summed E-state index contributed by atoms with van der Waals surface area (Å²) in [5.74, 6) is 0. The Labute approximate surface area is 80.5 Å². The number of hydrogen-bond acceptors (Lipinski definition) is 2. The molecule has 0 amide bonds. The number of aryl methyl sites for hydroxylation is 2. The maximum atomic E-state index is 10.8. The van der Waals surface area contributed by atoms with Gasteiger partial charge in [0.2, 0.25) is 0 Å². The monoisotopic (exact) mass is 203 g/mol. The van der Waals surface area contributed by atoms with Crippen LogP contribution in [-0.2, 0) is 0 Å². The first-order valence-corrected chi connectivity index (χ1v) is 4.11. The first kappa shape index (κ1) is 9.49. The van der Waals surface area contributed by atoms with Crippen molar-refractivity contribution in [3.8, 4) is 0 Å². The predicted molar refractivity (Wildman–Crippen MR) is 48.9 cm³/mol. The molecule has 0 aliphatic rings. The van der Waals surface area contributed by atoms with Crippen LogP contribution in [0.3, 0.4) is 0 Å². The van der Waals surface area contributed by atoms with E-state index in [1.807, 2.05) is 0 Å². The number of halogens is 2. The van der Waals surface area contributed by atoms with Gasteiger partial charge in [0, 0.05) is 5.69 Å². The molecule has 64 valence electrons. The molecule has 0 unspecified atom stereocenters. The molecule has 1 aromatic rings. The van der Waals surface area contributed by atoms with Gasteiger partial charge in [-0.25, -0.2) is 4.98 Å². The summed E-state index contributed by atoms with van der Waals surface area (Å²) in [6.45, 7) is 3.58. The highest BCUT2D eigenvalue weighted by Crippen LogP contribution is 2.20. The van der Waals surface area contributed by atoms with Crippen LogP contribution in [0.25, 0.3) is 0 Å². The number of carbonyl (C=O) groups excluding carboxylic acids is 1. The highest BCUT2D eigenvalue weighted by Gasteiger charge is 2.12. The zero-order valence-electron chi connectivity index (χ0n) is 6.69. The Morgan fingerprint density at radius 3 is 2.50 bits per heavy atom. The smallest absolute Gasteiger partial charge is 0.255 e. The van der Waals surface area contributed by atoms with Crippen LogP contribution in [0.2, 0.25) is 5.15 Å². The fourth-order valence-electron chi connectivity index (χ4n) is 1.03. The Morgan fingerprint density at radius 1 is 1.50 bits per heavy atom. The van der Waals surface area contributed by atoms with Gasteiger partial charge >= 0.3 is 0 Å². The Morgan fingerprint density at radius 2 is 2.08 bits per heavy atom. The summed E-state index contributed by atoms with van der Waals surface area (Å²) in [6.07, 6.45) is 0. The second-order valence-corrected chi connectivity index (χ2v) is 3.22. The molecule has 0 aliphatic heterocycles. The van der Waals surface area contributed by atoms with Gasteiger partial charge in [0.25, 0.3) is 5.24 Å². The molecule has 0 atom stereocenters. The van der Waals surface area contributed by atoms with Gasteiger partial charge in [-0.15, -0.1) is 0 Å². The maximum Gasteiger partial charge on any atom is 0.255 e. The van der Waals surface area contributed by atoms with Gasteiger partial charge in [0.15, 0.2) is 0 Å². The van der Waals surface area contributed by atoms with Crippen LogP contribution >= 0.6 is 23.2 Å². The Bertz CT molecular complexity index is 313. The number of rotatable bonds is 1. The van der Waals surface area contributed by atoms with Gasteiger partial charge in [0.05, 0.1) is 5.56 Å². The lowest BCUT2D eigenvalue weighted by Gasteiger charge is -2.03. The molecule has 0 fully saturated rings. The van der Waals surface area contributed by atoms with E-state index in [0.29, 0.717) is 5.56 Å². The van der Waals surface area contributed by atoms with Gasteiger partial charge in [-0.3, -0.25) is 4.79 Å². The second kappa shape index (κ2) is 3.42. The van der Waals surface area contributed by atoms with Crippen molar-refractivity contribution in [3.05, 3.63) is 28.0 Å². The number of nitrogens with zero attached hydrogens (tertiary/aromatic N) is 1. The molecular weight excluding hydrogens is 197 g/mol. The summed E-state index contributed by atoms with van der Waals surface area (Å²) in [4.78, 5) is 14.8. The number of carbonyl (C=O) groups is 1. The third kappa shape index (κ3) is 1.76. The Kier molecular flexibility index (Phi) is 2.70. The van der Waals surface area contributed by atoms with Crippen molar-refractivity contribution in [2.75, 3.05) is 0 Å². The molecule has 0 aromatic carbocycles. The molecule has 0 bridgehead atoms. The van der Waals surface area contributed by atoms with Crippen molar-refractivity contribution < 1.29 is 4.79 Å². The predicted octanol–water partition coefficient (Wildman–Crippen LogP) is 2.73. The minimum Gasteiger partial charge on any atom is -0.275 e. The molecule has 0 radical (unpaired) electrons. The third-order valence-corrected chi connectivity index (χ3v) is 1.96. The minimum absolute atomic E-state index is 0.174. The molecular formula is C8H7Cl2NO. The van der Waals surface area contributed by atoms with E-state index in [-0.39, 0.29) is 5.15 Å². The van der Waals surface area contributed by atoms with E-state index in [0.717, 1.165) is 11.3 Å². The van der Waals surface area contributed by atoms with Gasteiger partial charge < -0.3 is 0 Å². The summed E-state index contributed by atoms with van der Waals surface area (Å²) in [6, 6.07) is 1.77. The largest absolute Gasteiger partial charge is 0.275 e. The average Bonchev–Trinajstić information content (AvgIpc) is 1.82. The quantitative estimate of drug-likeness (QED) is 0.520. The van der Waals surface area contributed by atoms with Crippen LogP contribution in [-0.4, -0.2) is 10.2 Å². The van der Waals surface area contributed by atoms with Gasteiger partial charge in [-0.05, 0) is 37.1 Å². The zero-order valence-corrected chi connectivity index (χ0v) is 8.20. The van der Waals surface area contributed by atoms with Crippen molar-refractivity contribution in [2.24, 2.45) is 0 Å². The van der Waals surface area contributed by atoms with Crippen molar-refractivity contribution >= 4 is 28.4 Å².